The molecule has 20 heavy (non-hydrogen) atoms. The Morgan fingerprint density at radius 3 is 2.80 bits per heavy atom. The van der Waals surface area contributed by atoms with Gasteiger partial charge >= 0.3 is 6.09 Å². The molecule has 3 N–H and O–H groups in total. The first kappa shape index (κ1) is 16.5. The number of nitrogens with zero attached hydrogens (tertiary/aromatic N) is 1. The summed E-state index contributed by atoms with van der Waals surface area (Å²) < 4.78 is 5.51. The van der Waals surface area contributed by atoms with Crippen LogP contribution >= 0.6 is 15.9 Å². The maximum absolute atomic E-state index is 11.4. The molecular formula is C12H19BrN4O3. The van der Waals surface area contributed by atoms with Crippen LogP contribution in [0.15, 0.2) is 15.5 Å². The molecule has 0 aliphatic carbocycles. The lowest BCUT2D eigenvalue weighted by Gasteiger charge is -2.19. The molecule has 0 atom stereocenters. The number of H-pyrrole nitrogens is 1. The van der Waals surface area contributed by atoms with Gasteiger partial charge in [-0.25, -0.2) is 9.89 Å². The fraction of sp³-hybridized carbons (Fsp3) is 0.583. The van der Waals surface area contributed by atoms with Gasteiger partial charge in [0.05, 0.1) is 11.9 Å². The summed E-state index contributed by atoms with van der Waals surface area (Å²) in [6, 6.07) is 0. The molecule has 1 aromatic heterocycles. The monoisotopic (exact) mass is 346 g/mol. The molecule has 0 saturated heterocycles. The van der Waals surface area contributed by atoms with Crippen LogP contribution in [0.3, 0.4) is 0 Å². The third-order valence-corrected chi connectivity index (χ3v) is 2.92. The Morgan fingerprint density at radius 1 is 1.45 bits per heavy atom. The third kappa shape index (κ3) is 6.05. The van der Waals surface area contributed by atoms with Gasteiger partial charge in [0.2, 0.25) is 0 Å². The molecule has 1 amide bonds. The highest BCUT2D eigenvalue weighted by Crippen LogP contribution is 2.14. The van der Waals surface area contributed by atoms with Crippen molar-refractivity contribution in [2.75, 3.05) is 18.4 Å². The number of hydrogen-bond donors (Lipinski definition) is 3. The Morgan fingerprint density at radius 2 is 2.15 bits per heavy atom. The molecule has 0 spiro atoms. The van der Waals surface area contributed by atoms with Crippen molar-refractivity contribution in [2.24, 2.45) is 0 Å². The number of ether oxygens (including phenoxy) is 1. The molecule has 8 heteroatoms. The summed E-state index contributed by atoms with van der Waals surface area (Å²) in [4.78, 5) is 22.6. The van der Waals surface area contributed by atoms with Crippen molar-refractivity contribution in [3.63, 3.8) is 0 Å². The highest BCUT2D eigenvalue weighted by molar-refractivity contribution is 9.10. The van der Waals surface area contributed by atoms with E-state index in [1.54, 1.807) is 0 Å². The third-order valence-electron chi connectivity index (χ3n) is 2.13. The standard InChI is InChI=1S/C12H19BrN4O3/c1-12(2,3)20-11(19)15-6-4-5-14-8-7-16-17-10(18)9(8)13/h7H,4-6H2,1-3H3,(H,15,19)(H2,14,17,18). The number of hydrogen-bond acceptors (Lipinski definition) is 5. The zero-order valence-electron chi connectivity index (χ0n) is 11.7. The van der Waals surface area contributed by atoms with E-state index in [1.807, 2.05) is 20.8 Å². The fourth-order valence-corrected chi connectivity index (χ4v) is 1.65. The molecule has 0 bridgehead atoms. The molecule has 0 radical (unpaired) electrons. The van der Waals surface area contributed by atoms with Crippen LogP contribution in [0.5, 0.6) is 0 Å². The quantitative estimate of drug-likeness (QED) is 0.707. The molecule has 0 unspecified atom stereocenters. The molecular weight excluding hydrogens is 328 g/mol. The second-order valence-electron chi connectivity index (χ2n) is 5.14. The molecule has 0 aliphatic heterocycles. The van der Waals surface area contributed by atoms with E-state index in [9.17, 15) is 9.59 Å². The summed E-state index contributed by atoms with van der Waals surface area (Å²) in [5.74, 6) is 0. The predicted molar refractivity (Wildman–Crippen MR) is 79.9 cm³/mol. The summed E-state index contributed by atoms with van der Waals surface area (Å²) >= 11 is 3.17. The van der Waals surface area contributed by atoms with Crippen molar-refractivity contribution in [1.29, 1.82) is 0 Å². The first-order chi connectivity index (χ1) is 9.29. The number of carbonyl (C=O) groups is 1. The van der Waals surface area contributed by atoms with E-state index in [2.05, 4.69) is 36.8 Å². The van der Waals surface area contributed by atoms with Gasteiger partial charge in [-0.1, -0.05) is 0 Å². The van der Waals surface area contributed by atoms with Crippen LogP contribution in [0.1, 0.15) is 27.2 Å². The largest absolute Gasteiger partial charge is 0.444 e. The van der Waals surface area contributed by atoms with E-state index >= 15 is 0 Å². The van der Waals surface area contributed by atoms with Crippen LogP contribution in [0.4, 0.5) is 10.5 Å². The second-order valence-corrected chi connectivity index (χ2v) is 5.93. The van der Waals surface area contributed by atoms with Crippen molar-refractivity contribution in [3.05, 3.63) is 21.0 Å². The van der Waals surface area contributed by atoms with Gasteiger partial charge in [-0.3, -0.25) is 4.79 Å². The van der Waals surface area contributed by atoms with Crippen LogP contribution in [0.2, 0.25) is 0 Å². The van der Waals surface area contributed by atoms with Crippen LogP contribution in [-0.2, 0) is 4.74 Å². The van der Waals surface area contributed by atoms with Crippen molar-refractivity contribution in [2.45, 2.75) is 32.8 Å². The lowest BCUT2D eigenvalue weighted by molar-refractivity contribution is 0.0528. The fourth-order valence-electron chi connectivity index (χ4n) is 1.32. The number of halogens is 1. The maximum atomic E-state index is 11.4. The number of aromatic amines is 1. The highest BCUT2D eigenvalue weighted by Gasteiger charge is 2.15. The normalized spacial score (nSPS) is 11.0. The number of carbonyl (C=O) groups excluding carboxylic acids is 1. The Labute approximate surface area is 125 Å². The lowest BCUT2D eigenvalue weighted by atomic mass is 10.2. The van der Waals surface area contributed by atoms with Gasteiger partial charge < -0.3 is 15.4 Å². The molecule has 7 nitrogen and oxygen atoms in total. The van der Waals surface area contributed by atoms with Crippen molar-refractivity contribution in [1.82, 2.24) is 15.5 Å². The van der Waals surface area contributed by atoms with E-state index in [0.717, 1.165) is 0 Å². The first-order valence-electron chi connectivity index (χ1n) is 6.23. The van der Waals surface area contributed by atoms with Gasteiger partial charge in [-0.2, -0.15) is 5.10 Å². The number of anilines is 1. The van der Waals surface area contributed by atoms with Gasteiger partial charge in [0.25, 0.3) is 5.56 Å². The number of rotatable bonds is 5. The lowest BCUT2D eigenvalue weighted by Crippen LogP contribution is -2.33. The molecule has 0 aliphatic rings. The van der Waals surface area contributed by atoms with Gasteiger partial charge in [0.15, 0.2) is 0 Å². The topological polar surface area (TPSA) is 96.1 Å². The van der Waals surface area contributed by atoms with Crippen molar-refractivity contribution >= 4 is 27.7 Å². The summed E-state index contributed by atoms with van der Waals surface area (Å²) in [5, 5.41) is 11.7. The molecule has 1 rings (SSSR count). The molecule has 1 heterocycles. The Hall–Kier alpha value is -1.57. The highest BCUT2D eigenvalue weighted by atomic mass is 79.9. The number of aromatic nitrogens is 2. The SMILES string of the molecule is CC(C)(C)OC(=O)NCCCNc1cn[nH]c(=O)c1Br. The summed E-state index contributed by atoms with van der Waals surface area (Å²) in [6.07, 6.45) is 1.78. The minimum atomic E-state index is -0.496. The van der Waals surface area contributed by atoms with Crippen LogP contribution < -0.4 is 16.2 Å². The van der Waals surface area contributed by atoms with E-state index in [0.29, 0.717) is 29.7 Å². The molecule has 1 aromatic rings. The van der Waals surface area contributed by atoms with Crippen molar-refractivity contribution < 1.29 is 9.53 Å². The average molecular weight is 347 g/mol. The first-order valence-corrected chi connectivity index (χ1v) is 7.03. The Balaban J connectivity index is 2.24. The zero-order valence-corrected chi connectivity index (χ0v) is 13.3. The minimum absolute atomic E-state index is 0.290. The summed E-state index contributed by atoms with van der Waals surface area (Å²) in [5.41, 5.74) is -0.169. The predicted octanol–water partition coefficient (Wildman–Crippen LogP) is 1.86. The van der Waals surface area contributed by atoms with Crippen LogP contribution in [-0.4, -0.2) is 35.0 Å². The van der Waals surface area contributed by atoms with Gasteiger partial charge in [0.1, 0.15) is 10.1 Å². The molecule has 112 valence electrons. The van der Waals surface area contributed by atoms with Crippen LogP contribution in [0, 0.1) is 0 Å². The average Bonchev–Trinajstić information content (AvgIpc) is 2.31. The zero-order chi connectivity index (χ0) is 15.2. The molecule has 0 aromatic carbocycles. The summed E-state index contributed by atoms with van der Waals surface area (Å²) in [6.45, 7) is 6.51. The Bertz CT molecular complexity index is 510. The van der Waals surface area contributed by atoms with Gasteiger partial charge in [-0.15, -0.1) is 0 Å². The van der Waals surface area contributed by atoms with E-state index < -0.39 is 11.7 Å². The van der Waals surface area contributed by atoms with Gasteiger partial charge in [-0.05, 0) is 43.1 Å². The number of alkyl carbamates (subject to hydrolysis) is 1. The van der Waals surface area contributed by atoms with E-state index in [1.165, 1.54) is 6.20 Å². The van der Waals surface area contributed by atoms with Crippen molar-refractivity contribution in [3.8, 4) is 0 Å². The Kier molecular flexibility index (Phi) is 6.00. The second kappa shape index (κ2) is 7.28. The maximum Gasteiger partial charge on any atom is 0.407 e. The smallest absolute Gasteiger partial charge is 0.407 e. The minimum Gasteiger partial charge on any atom is -0.444 e. The van der Waals surface area contributed by atoms with E-state index in [4.69, 9.17) is 4.74 Å². The molecule has 0 fully saturated rings. The molecule has 0 saturated carbocycles. The number of amides is 1. The van der Waals surface area contributed by atoms with Crippen LogP contribution in [0.25, 0.3) is 0 Å². The van der Waals surface area contributed by atoms with E-state index in [-0.39, 0.29) is 5.56 Å². The number of nitrogens with one attached hydrogen (secondary N) is 3. The summed E-state index contributed by atoms with van der Waals surface area (Å²) in [7, 11) is 0. The van der Waals surface area contributed by atoms with Gasteiger partial charge in [0, 0.05) is 13.1 Å².